The van der Waals surface area contributed by atoms with Crippen LogP contribution in [-0.4, -0.2) is 33.9 Å². The molecule has 0 spiro atoms. The molecule has 1 aromatic heterocycles. The number of carbonyl (C=O) groups is 2. The SMILES string of the molecule is COC(=O)C(C)(CCc1ccnn1C)C(=O)O. The number of carboxylic acids is 1. The molecule has 1 rings (SSSR count). The van der Waals surface area contributed by atoms with Gasteiger partial charge in [0.05, 0.1) is 7.11 Å². The van der Waals surface area contributed by atoms with Crippen molar-refractivity contribution in [3.8, 4) is 0 Å². The molecule has 0 aliphatic heterocycles. The standard InChI is InChI=1S/C11H16N2O4/c1-11(9(14)15,10(16)17-3)6-4-8-5-7-12-13(8)2/h5,7H,4,6H2,1-3H3,(H,14,15). The number of methoxy groups -OCH3 is 1. The maximum atomic E-state index is 11.5. The highest BCUT2D eigenvalue weighted by Crippen LogP contribution is 2.25. The van der Waals surface area contributed by atoms with Gasteiger partial charge in [-0.3, -0.25) is 14.3 Å². The molecule has 1 N–H and O–H groups in total. The van der Waals surface area contributed by atoms with E-state index in [9.17, 15) is 9.59 Å². The van der Waals surface area contributed by atoms with E-state index in [0.29, 0.717) is 6.42 Å². The van der Waals surface area contributed by atoms with E-state index in [4.69, 9.17) is 5.11 Å². The number of esters is 1. The molecular formula is C11H16N2O4. The van der Waals surface area contributed by atoms with Crippen molar-refractivity contribution in [2.24, 2.45) is 12.5 Å². The fourth-order valence-electron chi connectivity index (χ4n) is 1.55. The van der Waals surface area contributed by atoms with Gasteiger partial charge in [-0.1, -0.05) is 0 Å². The minimum atomic E-state index is -1.51. The van der Waals surface area contributed by atoms with Crippen molar-refractivity contribution in [3.05, 3.63) is 18.0 Å². The topological polar surface area (TPSA) is 81.4 Å². The first-order chi connectivity index (χ1) is 7.91. The number of rotatable bonds is 5. The van der Waals surface area contributed by atoms with E-state index in [1.807, 2.05) is 0 Å². The van der Waals surface area contributed by atoms with Crippen molar-refractivity contribution in [1.29, 1.82) is 0 Å². The molecule has 6 heteroatoms. The molecule has 17 heavy (non-hydrogen) atoms. The number of hydrogen-bond donors (Lipinski definition) is 1. The molecule has 0 amide bonds. The second kappa shape index (κ2) is 4.99. The highest BCUT2D eigenvalue weighted by atomic mass is 16.5. The van der Waals surface area contributed by atoms with E-state index >= 15 is 0 Å². The first-order valence-corrected chi connectivity index (χ1v) is 5.20. The molecule has 0 radical (unpaired) electrons. The lowest BCUT2D eigenvalue weighted by Gasteiger charge is -2.21. The zero-order valence-electron chi connectivity index (χ0n) is 10.1. The summed E-state index contributed by atoms with van der Waals surface area (Å²) >= 11 is 0. The number of aryl methyl sites for hydroxylation is 2. The van der Waals surface area contributed by atoms with Crippen LogP contribution in [0.5, 0.6) is 0 Å². The average Bonchev–Trinajstić information content (AvgIpc) is 2.70. The predicted octanol–water partition coefficient (Wildman–Crippen LogP) is 0.617. The molecule has 0 saturated carbocycles. The molecule has 1 unspecified atom stereocenters. The molecule has 1 aromatic rings. The number of hydrogen-bond acceptors (Lipinski definition) is 4. The molecule has 0 aliphatic carbocycles. The number of ether oxygens (including phenoxy) is 1. The van der Waals surface area contributed by atoms with Crippen molar-refractivity contribution in [2.75, 3.05) is 7.11 Å². The summed E-state index contributed by atoms with van der Waals surface area (Å²) in [5.74, 6) is -1.90. The third-order valence-corrected chi connectivity index (χ3v) is 2.91. The summed E-state index contributed by atoms with van der Waals surface area (Å²) in [6.07, 6.45) is 2.26. The van der Waals surface area contributed by atoms with Gasteiger partial charge in [0.1, 0.15) is 0 Å². The Bertz CT molecular complexity index is 427. The molecular weight excluding hydrogens is 224 g/mol. The molecule has 0 saturated heterocycles. The van der Waals surface area contributed by atoms with Gasteiger partial charge in [0.15, 0.2) is 5.41 Å². The van der Waals surface area contributed by atoms with Gasteiger partial charge in [0.2, 0.25) is 0 Å². The number of aromatic nitrogens is 2. The van der Waals surface area contributed by atoms with Gasteiger partial charge in [-0.25, -0.2) is 0 Å². The lowest BCUT2D eigenvalue weighted by atomic mass is 9.85. The number of carbonyl (C=O) groups excluding carboxylic acids is 1. The lowest BCUT2D eigenvalue weighted by Crippen LogP contribution is -2.38. The van der Waals surface area contributed by atoms with Gasteiger partial charge in [-0.2, -0.15) is 5.10 Å². The summed E-state index contributed by atoms with van der Waals surface area (Å²) in [6.45, 7) is 1.37. The molecule has 6 nitrogen and oxygen atoms in total. The van der Waals surface area contributed by atoms with Crippen LogP contribution in [0, 0.1) is 5.41 Å². The Balaban J connectivity index is 2.79. The second-order valence-corrected chi connectivity index (χ2v) is 4.07. The quantitative estimate of drug-likeness (QED) is 0.602. The van der Waals surface area contributed by atoms with Crippen LogP contribution in [0.2, 0.25) is 0 Å². The van der Waals surface area contributed by atoms with Gasteiger partial charge < -0.3 is 9.84 Å². The van der Waals surface area contributed by atoms with Crippen LogP contribution in [0.4, 0.5) is 0 Å². The van der Waals surface area contributed by atoms with Gasteiger partial charge in [0, 0.05) is 18.9 Å². The summed E-state index contributed by atoms with van der Waals surface area (Å²) < 4.78 is 6.19. The maximum Gasteiger partial charge on any atom is 0.322 e. The van der Waals surface area contributed by atoms with E-state index in [0.717, 1.165) is 5.69 Å². The van der Waals surface area contributed by atoms with Crippen molar-refractivity contribution < 1.29 is 19.4 Å². The summed E-state index contributed by atoms with van der Waals surface area (Å²) in [7, 11) is 2.96. The van der Waals surface area contributed by atoms with Crippen molar-refractivity contribution in [2.45, 2.75) is 19.8 Å². The van der Waals surface area contributed by atoms with E-state index in [1.165, 1.54) is 14.0 Å². The summed E-state index contributed by atoms with van der Waals surface area (Å²) in [5.41, 5.74) is -0.639. The van der Waals surface area contributed by atoms with Crippen LogP contribution >= 0.6 is 0 Å². The Morgan fingerprint density at radius 1 is 1.59 bits per heavy atom. The Morgan fingerprint density at radius 2 is 2.24 bits per heavy atom. The van der Waals surface area contributed by atoms with E-state index in [1.54, 1.807) is 24.0 Å². The highest BCUT2D eigenvalue weighted by molar-refractivity contribution is 5.98. The maximum absolute atomic E-state index is 11.5. The molecule has 0 aliphatic rings. The monoisotopic (exact) mass is 240 g/mol. The van der Waals surface area contributed by atoms with Crippen LogP contribution < -0.4 is 0 Å². The van der Waals surface area contributed by atoms with Gasteiger partial charge in [0.25, 0.3) is 0 Å². The predicted molar refractivity (Wildman–Crippen MR) is 59.3 cm³/mol. The minimum absolute atomic E-state index is 0.175. The minimum Gasteiger partial charge on any atom is -0.480 e. The van der Waals surface area contributed by atoms with E-state index < -0.39 is 17.4 Å². The van der Waals surface area contributed by atoms with Crippen LogP contribution in [-0.2, 0) is 27.8 Å². The van der Waals surface area contributed by atoms with Gasteiger partial charge in [-0.05, 0) is 25.8 Å². The average molecular weight is 240 g/mol. The molecule has 1 heterocycles. The van der Waals surface area contributed by atoms with Gasteiger partial charge >= 0.3 is 11.9 Å². The Labute approximate surface area is 99.2 Å². The fourth-order valence-corrected chi connectivity index (χ4v) is 1.55. The molecule has 0 bridgehead atoms. The molecule has 0 aromatic carbocycles. The third kappa shape index (κ3) is 2.64. The number of aliphatic carboxylic acids is 1. The summed E-state index contributed by atoms with van der Waals surface area (Å²) in [6, 6.07) is 1.79. The second-order valence-electron chi connectivity index (χ2n) is 4.07. The Kier molecular flexibility index (Phi) is 3.88. The van der Waals surface area contributed by atoms with Crippen LogP contribution in [0.3, 0.4) is 0 Å². The van der Waals surface area contributed by atoms with E-state index in [2.05, 4.69) is 9.84 Å². The first kappa shape index (κ1) is 13.2. The van der Waals surface area contributed by atoms with Crippen molar-refractivity contribution in [1.82, 2.24) is 9.78 Å². The largest absolute Gasteiger partial charge is 0.480 e. The fraction of sp³-hybridized carbons (Fsp3) is 0.545. The zero-order chi connectivity index (χ0) is 13.1. The number of carboxylic acid groups (broad SMARTS) is 1. The van der Waals surface area contributed by atoms with Crippen LogP contribution in [0.15, 0.2) is 12.3 Å². The molecule has 1 atom stereocenters. The zero-order valence-corrected chi connectivity index (χ0v) is 10.1. The van der Waals surface area contributed by atoms with E-state index in [-0.39, 0.29) is 6.42 Å². The third-order valence-electron chi connectivity index (χ3n) is 2.91. The first-order valence-electron chi connectivity index (χ1n) is 5.20. The summed E-state index contributed by atoms with van der Waals surface area (Å²) in [5, 5.41) is 13.1. The Hall–Kier alpha value is -1.85. The van der Waals surface area contributed by atoms with Crippen molar-refractivity contribution >= 4 is 11.9 Å². The van der Waals surface area contributed by atoms with Gasteiger partial charge in [-0.15, -0.1) is 0 Å². The number of nitrogens with zero attached hydrogens (tertiary/aromatic N) is 2. The van der Waals surface area contributed by atoms with Crippen LogP contribution in [0.25, 0.3) is 0 Å². The summed E-state index contributed by atoms with van der Waals surface area (Å²) in [4.78, 5) is 22.6. The van der Waals surface area contributed by atoms with Crippen LogP contribution in [0.1, 0.15) is 19.0 Å². The lowest BCUT2D eigenvalue weighted by molar-refractivity contribution is -0.166. The molecule has 0 fully saturated rings. The Morgan fingerprint density at radius 3 is 2.65 bits per heavy atom. The smallest absolute Gasteiger partial charge is 0.322 e. The molecule has 94 valence electrons. The van der Waals surface area contributed by atoms with Crippen molar-refractivity contribution in [3.63, 3.8) is 0 Å². The normalized spacial score (nSPS) is 14.1. The highest BCUT2D eigenvalue weighted by Gasteiger charge is 2.42.